The van der Waals surface area contributed by atoms with Crippen molar-refractivity contribution in [1.82, 2.24) is 5.43 Å². The predicted octanol–water partition coefficient (Wildman–Crippen LogP) is 1.85. The van der Waals surface area contributed by atoms with Gasteiger partial charge in [0.2, 0.25) is 0 Å². The van der Waals surface area contributed by atoms with Gasteiger partial charge in [0.25, 0.3) is 15.9 Å². The van der Waals surface area contributed by atoms with Crippen LogP contribution < -0.4 is 16.0 Å². The molecule has 0 heterocycles. The fourth-order valence-electron chi connectivity index (χ4n) is 1.67. The molecule has 0 saturated heterocycles. The Hall–Kier alpha value is -1.90. The summed E-state index contributed by atoms with van der Waals surface area (Å²) >= 11 is 3.24. The SMILES string of the molecule is NNC(=O)c1ccccc1NS(=O)(=O)c1ccc(Br)cc1. The van der Waals surface area contributed by atoms with Gasteiger partial charge in [-0.1, -0.05) is 28.1 Å². The fourth-order valence-corrected chi connectivity index (χ4v) is 3.01. The van der Waals surface area contributed by atoms with Gasteiger partial charge in [-0.05, 0) is 36.4 Å². The number of nitrogen functional groups attached to an aromatic ring is 1. The van der Waals surface area contributed by atoms with Gasteiger partial charge in [-0.2, -0.15) is 0 Å². The first-order valence-electron chi connectivity index (χ1n) is 5.82. The van der Waals surface area contributed by atoms with E-state index in [1.54, 1.807) is 24.3 Å². The quantitative estimate of drug-likeness (QED) is 0.434. The van der Waals surface area contributed by atoms with Crippen molar-refractivity contribution in [3.8, 4) is 0 Å². The van der Waals surface area contributed by atoms with Gasteiger partial charge in [0.05, 0.1) is 16.1 Å². The molecule has 0 radical (unpaired) electrons. The van der Waals surface area contributed by atoms with E-state index < -0.39 is 15.9 Å². The molecular weight excluding hydrogens is 358 g/mol. The van der Waals surface area contributed by atoms with Crippen LogP contribution in [0, 0.1) is 0 Å². The summed E-state index contributed by atoms with van der Waals surface area (Å²) in [6, 6.07) is 12.3. The molecule has 2 aromatic carbocycles. The Bertz CT molecular complexity index is 760. The Morgan fingerprint density at radius 2 is 1.67 bits per heavy atom. The van der Waals surface area contributed by atoms with E-state index in [-0.39, 0.29) is 16.1 Å². The number of amides is 1. The van der Waals surface area contributed by atoms with Crippen LogP contribution in [0.25, 0.3) is 0 Å². The molecule has 4 N–H and O–H groups in total. The summed E-state index contributed by atoms with van der Waals surface area (Å²) in [6.07, 6.45) is 0. The average Bonchev–Trinajstić information content (AvgIpc) is 2.47. The van der Waals surface area contributed by atoms with E-state index in [2.05, 4.69) is 20.7 Å². The largest absolute Gasteiger partial charge is 0.290 e. The van der Waals surface area contributed by atoms with E-state index in [9.17, 15) is 13.2 Å². The smallest absolute Gasteiger partial charge is 0.267 e. The number of hydrogen-bond acceptors (Lipinski definition) is 4. The van der Waals surface area contributed by atoms with E-state index in [0.717, 1.165) is 4.47 Å². The van der Waals surface area contributed by atoms with Crippen LogP contribution in [0.4, 0.5) is 5.69 Å². The zero-order chi connectivity index (χ0) is 15.5. The first-order chi connectivity index (χ1) is 9.94. The molecule has 0 bridgehead atoms. The van der Waals surface area contributed by atoms with Crippen molar-refractivity contribution in [3.05, 3.63) is 58.6 Å². The number of nitrogens with one attached hydrogen (secondary N) is 2. The second-order valence-electron chi connectivity index (χ2n) is 4.08. The lowest BCUT2D eigenvalue weighted by Crippen LogP contribution is -2.31. The maximum absolute atomic E-state index is 12.3. The third-order valence-electron chi connectivity index (χ3n) is 2.67. The molecule has 2 rings (SSSR count). The van der Waals surface area contributed by atoms with Crippen molar-refractivity contribution in [3.63, 3.8) is 0 Å². The minimum Gasteiger partial charge on any atom is -0.290 e. The number of nitrogens with two attached hydrogens (primary N) is 1. The molecule has 0 atom stereocenters. The highest BCUT2D eigenvalue weighted by Gasteiger charge is 2.17. The maximum atomic E-state index is 12.3. The van der Waals surface area contributed by atoms with Crippen LogP contribution >= 0.6 is 15.9 Å². The van der Waals surface area contributed by atoms with Gasteiger partial charge in [-0.15, -0.1) is 0 Å². The minimum absolute atomic E-state index is 0.0914. The molecule has 1 amide bonds. The van der Waals surface area contributed by atoms with Gasteiger partial charge in [-0.25, -0.2) is 14.3 Å². The predicted molar refractivity (Wildman–Crippen MR) is 83.0 cm³/mol. The topological polar surface area (TPSA) is 101 Å². The van der Waals surface area contributed by atoms with Crippen molar-refractivity contribution >= 4 is 37.5 Å². The highest BCUT2D eigenvalue weighted by Crippen LogP contribution is 2.21. The molecule has 0 aliphatic rings. The van der Waals surface area contributed by atoms with Gasteiger partial charge in [0.1, 0.15) is 0 Å². The molecule has 2 aromatic rings. The Morgan fingerprint density at radius 3 is 2.29 bits per heavy atom. The molecule has 8 heteroatoms. The number of para-hydroxylation sites is 1. The van der Waals surface area contributed by atoms with Crippen LogP contribution in [-0.2, 0) is 10.0 Å². The third kappa shape index (κ3) is 3.60. The van der Waals surface area contributed by atoms with Crippen molar-refractivity contribution in [2.45, 2.75) is 4.90 Å². The summed E-state index contributed by atoms with van der Waals surface area (Å²) < 4.78 is 27.7. The van der Waals surface area contributed by atoms with Gasteiger partial charge in [-0.3, -0.25) is 14.9 Å². The van der Waals surface area contributed by atoms with Crippen molar-refractivity contribution in [2.75, 3.05) is 4.72 Å². The molecule has 0 saturated carbocycles. The Kier molecular flexibility index (Phi) is 4.61. The van der Waals surface area contributed by atoms with Crippen LogP contribution in [0.3, 0.4) is 0 Å². The normalized spacial score (nSPS) is 11.0. The molecule has 21 heavy (non-hydrogen) atoms. The standard InChI is InChI=1S/C13H12BrN3O3S/c14-9-5-7-10(8-6-9)21(19,20)17-12-4-2-1-3-11(12)13(18)16-15/h1-8,17H,15H2,(H,16,18). The molecule has 0 aliphatic carbocycles. The van der Waals surface area contributed by atoms with E-state index in [1.807, 2.05) is 5.43 Å². The van der Waals surface area contributed by atoms with Crippen LogP contribution in [0.1, 0.15) is 10.4 Å². The minimum atomic E-state index is -3.79. The lowest BCUT2D eigenvalue weighted by molar-refractivity contribution is 0.0954. The zero-order valence-electron chi connectivity index (χ0n) is 10.7. The number of benzene rings is 2. The van der Waals surface area contributed by atoms with Gasteiger partial charge < -0.3 is 0 Å². The summed E-state index contributed by atoms with van der Waals surface area (Å²) in [4.78, 5) is 11.7. The molecule has 0 unspecified atom stereocenters. The summed E-state index contributed by atoms with van der Waals surface area (Å²) in [7, 11) is -3.79. The van der Waals surface area contributed by atoms with E-state index in [1.165, 1.54) is 24.3 Å². The summed E-state index contributed by atoms with van der Waals surface area (Å²) in [5.74, 6) is 4.50. The lowest BCUT2D eigenvalue weighted by atomic mass is 10.2. The first kappa shape index (κ1) is 15.5. The van der Waals surface area contributed by atoms with Crippen LogP contribution in [0.15, 0.2) is 57.9 Å². The first-order valence-corrected chi connectivity index (χ1v) is 8.10. The number of carbonyl (C=O) groups is 1. The monoisotopic (exact) mass is 369 g/mol. The molecule has 0 aliphatic heterocycles. The van der Waals surface area contributed by atoms with Gasteiger partial charge in [0.15, 0.2) is 0 Å². The maximum Gasteiger partial charge on any atom is 0.267 e. The molecule has 110 valence electrons. The van der Waals surface area contributed by atoms with E-state index in [0.29, 0.717) is 0 Å². The lowest BCUT2D eigenvalue weighted by Gasteiger charge is -2.11. The van der Waals surface area contributed by atoms with Gasteiger partial charge in [0, 0.05) is 4.47 Å². The Morgan fingerprint density at radius 1 is 1.05 bits per heavy atom. The Labute approximate surface area is 130 Å². The number of carbonyl (C=O) groups excluding carboxylic acids is 1. The highest BCUT2D eigenvalue weighted by molar-refractivity contribution is 9.10. The van der Waals surface area contributed by atoms with E-state index >= 15 is 0 Å². The molecule has 0 aromatic heterocycles. The highest BCUT2D eigenvalue weighted by atomic mass is 79.9. The molecule has 0 spiro atoms. The number of rotatable bonds is 4. The average molecular weight is 370 g/mol. The number of hydrazine groups is 1. The zero-order valence-corrected chi connectivity index (χ0v) is 13.1. The van der Waals surface area contributed by atoms with Crippen molar-refractivity contribution < 1.29 is 13.2 Å². The van der Waals surface area contributed by atoms with Crippen molar-refractivity contribution in [2.24, 2.45) is 5.84 Å². The summed E-state index contributed by atoms with van der Waals surface area (Å²) in [5, 5.41) is 0. The molecule has 0 fully saturated rings. The molecular formula is C13H12BrN3O3S. The third-order valence-corrected chi connectivity index (χ3v) is 4.58. The number of sulfonamides is 1. The fraction of sp³-hybridized carbons (Fsp3) is 0. The van der Waals surface area contributed by atoms with Crippen molar-refractivity contribution in [1.29, 1.82) is 0 Å². The van der Waals surface area contributed by atoms with Gasteiger partial charge >= 0.3 is 0 Å². The van der Waals surface area contributed by atoms with Crippen LogP contribution in [-0.4, -0.2) is 14.3 Å². The number of anilines is 1. The van der Waals surface area contributed by atoms with E-state index in [4.69, 9.17) is 5.84 Å². The number of halogens is 1. The second-order valence-corrected chi connectivity index (χ2v) is 6.68. The summed E-state index contributed by atoms with van der Waals surface area (Å²) in [6.45, 7) is 0. The Balaban J connectivity index is 2.37. The second kappa shape index (κ2) is 6.25. The number of hydrogen-bond donors (Lipinski definition) is 3. The molecule has 6 nitrogen and oxygen atoms in total. The van der Waals surface area contributed by atoms with Crippen LogP contribution in [0.5, 0.6) is 0 Å². The van der Waals surface area contributed by atoms with Crippen LogP contribution in [0.2, 0.25) is 0 Å². The summed E-state index contributed by atoms with van der Waals surface area (Å²) in [5.41, 5.74) is 2.27.